The summed E-state index contributed by atoms with van der Waals surface area (Å²) in [4.78, 5) is 15.8. The van der Waals surface area contributed by atoms with Crippen molar-refractivity contribution in [2.75, 3.05) is 19.0 Å². The predicted octanol–water partition coefficient (Wildman–Crippen LogP) is 1.21. The van der Waals surface area contributed by atoms with E-state index in [1.165, 1.54) is 4.90 Å². The summed E-state index contributed by atoms with van der Waals surface area (Å²) >= 11 is 0. The van der Waals surface area contributed by atoms with Crippen LogP contribution in [0.25, 0.3) is 0 Å². The van der Waals surface area contributed by atoms with Crippen molar-refractivity contribution in [1.29, 1.82) is 0 Å². The van der Waals surface area contributed by atoms with E-state index in [0.29, 0.717) is 13.0 Å². The second-order valence-electron chi connectivity index (χ2n) is 3.13. The summed E-state index contributed by atoms with van der Waals surface area (Å²) in [6, 6.07) is 0.557. The number of hydrogen-bond donors (Lipinski definition) is 0. The Hall–Kier alpha value is -1.46. The molecule has 0 fully saturated rings. The van der Waals surface area contributed by atoms with E-state index in [1.54, 1.807) is 14.1 Å². The van der Waals surface area contributed by atoms with Gasteiger partial charge >= 0.3 is 5.63 Å². The Kier molecular flexibility index (Phi) is 2.55. The molecule has 0 unspecified atom stereocenters. The molecule has 0 saturated carbocycles. The molecular formula is C8H10F2N2O2. The van der Waals surface area contributed by atoms with Gasteiger partial charge in [0.05, 0.1) is 6.07 Å². The number of hydrogen-bond acceptors (Lipinski definition) is 4. The highest BCUT2D eigenvalue weighted by molar-refractivity contribution is 5.24. The Labute approximate surface area is 79.2 Å². The third kappa shape index (κ3) is 2.27. The van der Waals surface area contributed by atoms with Gasteiger partial charge in [0.1, 0.15) is 5.69 Å². The van der Waals surface area contributed by atoms with Crippen molar-refractivity contribution in [3.63, 3.8) is 0 Å². The molecule has 0 N–H and O–H groups in total. The Morgan fingerprint density at radius 1 is 1.50 bits per heavy atom. The molecule has 78 valence electrons. The quantitative estimate of drug-likeness (QED) is 0.726. The van der Waals surface area contributed by atoms with Crippen molar-refractivity contribution >= 4 is 6.01 Å². The molecule has 0 atom stereocenters. The van der Waals surface area contributed by atoms with Crippen LogP contribution in [0.4, 0.5) is 14.8 Å². The monoisotopic (exact) mass is 204 g/mol. The first-order valence-corrected chi connectivity index (χ1v) is 3.88. The zero-order chi connectivity index (χ0) is 10.9. The van der Waals surface area contributed by atoms with Crippen LogP contribution in [0.2, 0.25) is 0 Å². The van der Waals surface area contributed by atoms with Gasteiger partial charge in [0, 0.05) is 21.0 Å². The standard InChI is InChI=1S/C8H10F2N2O2/c1-8(9,10)5-4-6(13)14-7(11-5)12(2)3/h4H,1-3H3. The lowest BCUT2D eigenvalue weighted by Crippen LogP contribution is -2.19. The number of halogens is 2. The summed E-state index contributed by atoms with van der Waals surface area (Å²) in [5.74, 6) is -3.14. The van der Waals surface area contributed by atoms with Gasteiger partial charge in [-0.1, -0.05) is 0 Å². The summed E-state index contributed by atoms with van der Waals surface area (Å²) in [5, 5.41) is 0. The van der Waals surface area contributed by atoms with Crippen LogP contribution >= 0.6 is 0 Å². The van der Waals surface area contributed by atoms with Crippen molar-refractivity contribution in [3.05, 3.63) is 22.2 Å². The molecule has 1 aromatic heterocycles. The van der Waals surface area contributed by atoms with Crippen LogP contribution in [0.5, 0.6) is 0 Å². The third-order valence-corrected chi connectivity index (χ3v) is 1.49. The fraction of sp³-hybridized carbons (Fsp3) is 0.500. The minimum atomic E-state index is -3.14. The number of alkyl halides is 2. The van der Waals surface area contributed by atoms with Gasteiger partial charge in [0.25, 0.3) is 11.9 Å². The molecule has 0 amide bonds. The average molecular weight is 204 g/mol. The molecule has 0 aliphatic heterocycles. The first-order chi connectivity index (χ1) is 6.30. The van der Waals surface area contributed by atoms with Crippen LogP contribution in [0.15, 0.2) is 15.3 Å². The zero-order valence-corrected chi connectivity index (χ0v) is 8.04. The largest absolute Gasteiger partial charge is 0.389 e. The van der Waals surface area contributed by atoms with Crippen LogP contribution in [-0.4, -0.2) is 19.1 Å². The lowest BCUT2D eigenvalue weighted by atomic mass is 10.3. The highest BCUT2D eigenvalue weighted by Gasteiger charge is 2.28. The van der Waals surface area contributed by atoms with Crippen molar-refractivity contribution in [2.45, 2.75) is 12.8 Å². The van der Waals surface area contributed by atoms with Crippen molar-refractivity contribution < 1.29 is 13.2 Å². The van der Waals surface area contributed by atoms with Gasteiger partial charge in [-0.05, 0) is 0 Å². The number of anilines is 1. The van der Waals surface area contributed by atoms with Gasteiger partial charge in [-0.25, -0.2) is 4.79 Å². The molecular weight excluding hydrogens is 194 g/mol. The van der Waals surface area contributed by atoms with E-state index in [2.05, 4.69) is 9.40 Å². The molecule has 0 spiro atoms. The van der Waals surface area contributed by atoms with E-state index in [-0.39, 0.29) is 6.01 Å². The van der Waals surface area contributed by atoms with E-state index < -0.39 is 17.2 Å². The van der Waals surface area contributed by atoms with E-state index >= 15 is 0 Å². The third-order valence-electron chi connectivity index (χ3n) is 1.49. The first-order valence-electron chi connectivity index (χ1n) is 3.88. The van der Waals surface area contributed by atoms with E-state index in [1.807, 2.05) is 0 Å². The van der Waals surface area contributed by atoms with Crippen LogP contribution < -0.4 is 10.5 Å². The van der Waals surface area contributed by atoms with E-state index in [9.17, 15) is 13.6 Å². The highest BCUT2D eigenvalue weighted by atomic mass is 19.3. The molecule has 0 aliphatic carbocycles. The number of rotatable bonds is 2. The minimum Gasteiger partial charge on any atom is -0.389 e. The maximum atomic E-state index is 12.8. The van der Waals surface area contributed by atoms with Crippen molar-refractivity contribution in [1.82, 2.24) is 4.98 Å². The lowest BCUT2D eigenvalue weighted by Gasteiger charge is -2.12. The molecule has 1 heterocycles. The molecule has 0 aliphatic rings. The Morgan fingerprint density at radius 3 is 2.50 bits per heavy atom. The van der Waals surface area contributed by atoms with Gasteiger partial charge in [0.2, 0.25) is 0 Å². The number of aromatic nitrogens is 1. The Balaban J connectivity index is 3.28. The van der Waals surface area contributed by atoms with E-state index in [4.69, 9.17) is 0 Å². The molecule has 0 saturated heterocycles. The highest BCUT2D eigenvalue weighted by Crippen LogP contribution is 2.24. The molecule has 1 aromatic rings. The molecule has 0 radical (unpaired) electrons. The van der Waals surface area contributed by atoms with Gasteiger partial charge in [-0.3, -0.25) is 0 Å². The second-order valence-corrected chi connectivity index (χ2v) is 3.13. The summed E-state index contributed by atoms with van der Waals surface area (Å²) in [6.07, 6.45) is 0. The summed E-state index contributed by atoms with van der Waals surface area (Å²) < 4.78 is 30.2. The summed E-state index contributed by atoms with van der Waals surface area (Å²) in [5.41, 5.74) is -1.42. The molecule has 4 nitrogen and oxygen atoms in total. The maximum Gasteiger partial charge on any atom is 0.340 e. The zero-order valence-electron chi connectivity index (χ0n) is 8.04. The van der Waals surface area contributed by atoms with Crippen LogP contribution in [0, 0.1) is 0 Å². The number of nitrogens with zero attached hydrogens (tertiary/aromatic N) is 2. The smallest absolute Gasteiger partial charge is 0.340 e. The van der Waals surface area contributed by atoms with Crippen molar-refractivity contribution in [3.8, 4) is 0 Å². The van der Waals surface area contributed by atoms with Crippen LogP contribution in [0.3, 0.4) is 0 Å². The Bertz CT molecular complexity index is 382. The second kappa shape index (κ2) is 3.36. The molecule has 0 aromatic carbocycles. The first kappa shape index (κ1) is 10.6. The fourth-order valence-electron chi connectivity index (χ4n) is 0.805. The van der Waals surface area contributed by atoms with Crippen LogP contribution in [-0.2, 0) is 5.92 Å². The summed E-state index contributed by atoms with van der Waals surface area (Å²) in [7, 11) is 3.09. The van der Waals surface area contributed by atoms with E-state index in [0.717, 1.165) is 0 Å². The topological polar surface area (TPSA) is 46.3 Å². The molecule has 1 rings (SSSR count). The van der Waals surface area contributed by atoms with Crippen LogP contribution in [0.1, 0.15) is 12.6 Å². The summed E-state index contributed by atoms with van der Waals surface area (Å²) in [6.45, 7) is 0.675. The fourth-order valence-corrected chi connectivity index (χ4v) is 0.805. The van der Waals surface area contributed by atoms with Crippen molar-refractivity contribution in [2.24, 2.45) is 0 Å². The van der Waals surface area contributed by atoms with Gasteiger partial charge < -0.3 is 9.32 Å². The normalized spacial score (nSPS) is 11.5. The molecule has 0 bridgehead atoms. The predicted molar refractivity (Wildman–Crippen MR) is 46.7 cm³/mol. The van der Waals surface area contributed by atoms with Gasteiger partial charge in [-0.2, -0.15) is 13.8 Å². The minimum absolute atomic E-state index is 0.131. The Morgan fingerprint density at radius 2 is 2.07 bits per heavy atom. The average Bonchev–Trinajstić information content (AvgIpc) is 2.01. The lowest BCUT2D eigenvalue weighted by molar-refractivity contribution is 0.0118. The SMILES string of the molecule is CN(C)c1nc(C(C)(F)F)cc(=O)o1. The van der Waals surface area contributed by atoms with Gasteiger partial charge in [0.15, 0.2) is 0 Å². The maximum absolute atomic E-state index is 12.8. The van der Waals surface area contributed by atoms with Gasteiger partial charge in [-0.15, -0.1) is 0 Å². The molecule has 14 heavy (non-hydrogen) atoms. The molecule has 6 heteroatoms.